The second-order valence-corrected chi connectivity index (χ2v) is 5.63. The molecule has 0 heterocycles. The Morgan fingerprint density at radius 2 is 1.56 bits per heavy atom. The number of rotatable bonds is 10. The molecule has 1 aromatic rings. The van der Waals surface area contributed by atoms with Crippen LogP contribution in [0.5, 0.6) is 5.75 Å². The van der Waals surface area contributed by atoms with E-state index in [1.165, 1.54) is 0 Å². The Bertz CT molecular complexity index is 607. The van der Waals surface area contributed by atoms with Gasteiger partial charge in [-0.25, -0.2) is 4.79 Å². The quantitative estimate of drug-likeness (QED) is 0.492. The molecule has 0 bridgehead atoms. The molecule has 0 aliphatic heterocycles. The number of hydrogen-bond acceptors (Lipinski definition) is 5. The molecule has 0 saturated carbocycles. The molecule has 1 rings (SSSR count). The zero-order chi connectivity index (χ0) is 19.1. The van der Waals surface area contributed by atoms with Crippen molar-refractivity contribution in [1.29, 1.82) is 0 Å². The van der Waals surface area contributed by atoms with Gasteiger partial charge in [0.15, 0.2) is 5.60 Å². The largest absolute Gasteiger partial charge is 0.481 e. The number of carboxylic acids is 2. The molecule has 0 aliphatic rings. The van der Waals surface area contributed by atoms with E-state index >= 15 is 0 Å². The number of ether oxygens (including phenoxy) is 2. The molecule has 0 spiro atoms. The van der Waals surface area contributed by atoms with Gasteiger partial charge in [-0.3, -0.25) is 9.59 Å². The van der Waals surface area contributed by atoms with Gasteiger partial charge in [0.25, 0.3) is 0 Å². The fraction of sp³-hybridized carbons (Fsp3) is 0.500. The molecule has 0 fully saturated rings. The standard InChI is InChI=1S/C18H24O7/c1-4-17(5-2,16(23)25-13-10-8-7-9-11-13)18(15(21)22,24-6-3)12-14(19)20/h7-11H,4-6,12H2,1-3H3,(H,19,20)(H,21,22). The predicted molar refractivity (Wildman–Crippen MR) is 89.3 cm³/mol. The van der Waals surface area contributed by atoms with Gasteiger partial charge in [0.2, 0.25) is 0 Å². The highest BCUT2D eigenvalue weighted by Crippen LogP contribution is 2.45. The van der Waals surface area contributed by atoms with Crippen LogP contribution in [0.4, 0.5) is 0 Å². The van der Waals surface area contributed by atoms with Crippen LogP contribution >= 0.6 is 0 Å². The first-order valence-electron chi connectivity index (χ1n) is 8.16. The SMILES string of the molecule is CCOC(CC(=O)O)(C(=O)O)C(CC)(CC)C(=O)Oc1ccccc1. The van der Waals surface area contributed by atoms with Gasteiger partial charge in [0.1, 0.15) is 11.2 Å². The van der Waals surface area contributed by atoms with Crippen molar-refractivity contribution in [3.8, 4) is 5.75 Å². The number of esters is 1. The molecule has 7 nitrogen and oxygen atoms in total. The van der Waals surface area contributed by atoms with Crippen LogP contribution in [0.2, 0.25) is 0 Å². The minimum Gasteiger partial charge on any atom is -0.481 e. The molecule has 0 radical (unpaired) electrons. The van der Waals surface area contributed by atoms with E-state index in [4.69, 9.17) is 9.47 Å². The third-order valence-corrected chi connectivity index (χ3v) is 4.46. The summed E-state index contributed by atoms with van der Waals surface area (Å²) in [5.74, 6) is -3.43. The Morgan fingerprint density at radius 1 is 1.00 bits per heavy atom. The minimum atomic E-state index is -2.22. The maximum atomic E-state index is 12.9. The summed E-state index contributed by atoms with van der Waals surface area (Å²) in [6.45, 7) is 4.74. The van der Waals surface area contributed by atoms with Crippen molar-refractivity contribution >= 4 is 17.9 Å². The van der Waals surface area contributed by atoms with Crippen LogP contribution in [0.15, 0.2) is 30.3 Å². The molecule has 2 N–H and O–H groups in total. The third-order valence-electron chi connectivity index (χ3n) is 4.46. The summed E-state index contributed by atoms with van der Waals surface area (Å²) in [5.41, 5.74) is -3.87. The van der Waals surface area contributed by atoms with Crippen molar-refractivity contribution in [2.75, 3.05) is 6.61 Å². The summed E-state index contributed by atoms with van der Waals surface area (Å²) in [4.78, 5) is 36.4. The summed E-state index contributed by atoms with van der Waals surface area (Å²) in [5, 5.41) is 19.1. The van der Waals surface area contributed by atoms with Crippen molar-refractivity contribution in [3.63, 3.8) is 0 Å². The smallest absolute Gasteiger partial charge is 0.337 e. The number of carbonyl (C=O) groups is 3. The van der Waals surface area contributed by atoms with E-state index in [0.29, 0.717) is 0 Å². The van der Waals surface area contributed by atoms with Gasteiger partial charge in [-0.05, 0) is 31.9 Å². The molecule has 0 aliphatic carbocycles. The first kappa shape index (κ1) is 20.6. The van der Waals surface area contributed by atoms with Crippen molar-refractivity contribution in [2.24, 2.45) is 5.41 Å². The lowest BCUT2D eigenvalue weighted by atomic mass is 9.66. The Hall–Kier alpha value is -2.41. The lowest BCUT2D eigenvalue weighted by molar-refractivity contribution is -0.204. The molecule has 0 aromatic heterocycles. The van der Waals surface area contributed by atoms with Crippen molar-refractivity contribution in [2.45, 2.75) is 45.6 Å². The van der Waals surface area contributed by atoms with Gasteiger partial charge in [-0.1, -0.05) is 32.0 Å². The average Bonchev–Trinajstić information content (AvgIpc) is 2.56. The number of aliphatic carboxylic acids is 2. The molecule has 1 aromatic carbocycles. The summed E-state index contributed by atoms with van der Waals surface area (Å²) >= 11 is 0. The minimum absolute atomic E-state index is 0.0503. The molecule has 138 valence electrons. The Labute approximate surface area is 146 Å². The zero-order valence-electron chi connectivity index (χ0n) is 14.7. The van der Waals surface area contributed by atoms with Gasteiger partial charge in [-0.2, -0.15) is 0 Å². The molecule has 1 unspecified atom stereocenters. The number of hydrogen-bond donors (Lipinski definition) is 2. The number of para-hydroxylation sites is 1. The van der Waals surface area contributed by atoms with Crippen LogP contribution in [-0.4, -0.2) is 40.3 Å². The van der Waals surface area contributed by atoms with Crippen LogP contribution in [0.3, 0.4) is 0 Å². The molecular formula is C18H24O7. The fourth-order valence-corrected chi connectivity index (χ4v) is 3.13. The predicted octanol–water partition coefficient (Wildman–Crippen LogP) is 2.73. The van der Waals surface area contributed by atoms with Crippen LogP contribution in [0.25, 0.3) is 0 Å². The van der Waals surface area contributed by atoms with Crippen LogP contribution in [0.1, 0.15) is 40.0 Å². The van der Waals surface area contributed by atoms with E-state index in [9.17, 15) is 24.6 Å². The van der Waals surface area contributed by atoms with Gasteiger partial charge < -0.3 is 19.7 Å². The maximum Gasteiger partial charge on any atom is 0.337 e. The maximum absolute atomic E-state index is 12.9. The van der Waals surface area contributed by atoms with Crippen LogP contribution in [0, 0.1) is 5.41 Å². The Morgan fingerprint density at radius 3 is 1.96 bits per heavy atom. The van der Waals surface area contributed by atoms with Gasteiger partial charge >= 0.3 is 17.9 Å². The highest BCUT2D eigenvalue weighted by atomic mass is 16.6. The summed E-state index contributed by atoms with van der Waals surface area (Å²) < 4.78 is 10.8. The van der Waals surface area contributed by atoms with E-state index in [0.717, 1.165) is 0 Å². The molecular weight excluding hydrogens is 328 g/mol. The topological polar surface area (TPSA) is 110 Å². The van der Waals surface area contributed by atoms with Gasteiger partial charge in [0.05, 0.1) is 6.42 Å². The molecule has 25 heavy (non-hydrogen) atoms. The normalized spacial score (nSPS) is 13.7. The summed E-state index contributed by atoms with van der Waals surface area (Å²) in [6.07, 6.45) is -0.745. The van der Waals surface area contributed by atoms with E-state index in [-0.39, 0.29) is 25.2 Å². The van der Waals surface area contributed by atoms with Crippen LogP contribution in [-0.2, 0) is 19.1 Å². The lowest BCUT2D eigenvalue weighted by Crippen LogP contribution is -2.61. The first-order valence-corrected chi connectivity index (χ1v) is 8.16. The number of carbonyl (C=O) groups excluding carboxylic acids is 1. The average molecular weight is 352 g/mol. The second-order valence-electron chi connectivity index (χ2n) is 5.63. The Kier molecular flexibility index (Phi) is 7.11. The van der Waals surface area contributed by atoms with E-state index < -0.39 is 35.3 Å². The molecule has 0 saturated heterocycles. The van der Waals surface area contributed by atoms with E-state index in [1.807, 2.05) is 0 Å². The van der Waals surface area contributed by atoms with Crippen molar-refractivity contribution in [1.82, 2.24) is 0 Å². The fourth-order valence-electron chi connectivity index (χ4n) is 3.13. The van der Waals surface area contributed by atoms with E-state index in [1.54, 1.807) is 51.1 Å². The molecule has 0 amide bonds. The highest BCUT2D eigenvalue weighted by molar-refractivity contribution is 5.93. The summed E-state index contributed by atoms with van der Waals surface area (Å²) in [7, 11) is 0. The van der Waals surface area contributed by atoms with Crippen molar-refractivity contribution in [3.05, 3.63) is 30.3 Å². The monoisotopic (exact) mass is 352 g/mol. The van der Waals surface area contributed by atoms with Gasteiger partial charge in [-0.15, -0.1) is 0 Å². The first-order chi connectivity index (χ1) is 11.8. The Balaban J connectivity index is 3.45. The number of carboxylic acid groups (broad SMARTS) is 2. The molecule has 7 heteroatoms. The highest BCUT2D eigenvalue weighted by Gasteiger charge is 2.62. The number of benzene rings is 1. The lowest BCUT2D eigenvalue weighted by Gasteiger charge is -2.43. The van der Waals surface area contributed by atoms with Crippen molar-refractivity contribution < 1.29 is 34.1 Å². The van der Waals surface area contributed by atoms with E-state index in [2.05, 4.69) is 0 Å². The third kappa shape index (κ3) is 3.99. The second kappa shape index (κ2) is 8.62. The van der Waals surface area contributed by atoms with Crippen LogP contribution < -0.4 is 4.74 Å². The summed E-state index contributed by atoms with van der Waals surface area (Å²) in [6, 6.07) is 8.22. The zero-order valence-corrected chi connectivity index (χ0v) is 14.7. The van der Waals surface area contributed by atoms with Gasteiger partial charge in [0, 0.05) is 6.61 Å². The molecule has 1 atom stereocenters.